The molecule has 28 heavy (non-hydrogen) atoms. The van der Waals surface area contributed by atoms with E-state index in [0.717, 1.165) is 5.56 Å². The van der Waals surface area contributed by atoms with Gasteiger partial charge in [-0.05, 0) is 29.8 Å². The lowest BCUT2D eigenvalue weighted by atomic mass is 10.2. The maximum Gasteiger partial charge on any atom is 0.265 e. The maximum absolute atomic E-state index is 12.7. The van der Waals surface area contributed by atoms with E-state index in [4.69, 9.17) is 0 Å². The Labute approximate surface area is 163 Å². The average Bonchev–Trinajstić information content (AvgIpc) is 2.73. The number of benzene rings is 3. The molecule has 3 aromatic rings. The van der Waals surface area contributed by atoms with Crippen molar-refractivity contribution >= 4 is 21.8 Å². The maximum atomic E-state index is 12.7. The zero-order chi connectivity index (χ0) is 20.0. The molecule has 0 aliphatic carbocycles. The summed E-state index contributed by atoms with van der Waals surface area (Å²) in [4.78, 5) is 24.5. The van der Waals surface area contributed by atoms with E-state index >= 15 is 0 Å². The molecule has 7 heteroatoms. The zero-order valence-electron chi connectivity index (χ0n) is 14.8. The lowest BCUT2D eigenvalue weighted by molar-refractivity contribution is 0.0944. The van der Waals surface area contributed by atoms with E-state index in [1.807, 2.05) is 35.1 Å². The van der Waals surface area contributed by atoms with Crippen LogP contribution < -0.4 is 10.0 Å². The largest absolute Gasteiger partial charge is 0.348 e. The lowest BCUT2D eigenvalue weighted by Gasteiger charge is -2.12. The minimum Gasteiger partial charge on any atom is -0.348 e. The van der Waals surface area contributed by atoms with Gasteiger partial charge in [0, 0.05) is 12.1 Å². The van der Waals surface area contributed by atoms with Gasteiger partial charge in [0.05, 0.1) is 5.56 Å². The van der Waals surface area contributed by atoms with Crippen LogP contribution in [0.15, 0.2) is 89.8 Å². The highest BCUT2D eigenvalue weighted by atomic mass is 32.2. The molecule has 0 aliphatic heterocycles. The van der Waals surface area contributed by atoms with Gasteiger partial charge in [0.25, 0.3) is 21.8 Å². The summed E-state index contributed by atoms with van der Waals surface area (Å²) in [6, 6.07) is 23.0. The van der Waals surface area contributed by atoms with Crippen molar-refractivity contribution in [2.24, 2.45) is 0 Å². The van der Waals surface area contributed by atoms with Crippen LogP contribution in [0.4, 0.5) is 0 Å². The van der Waals surface area contributed by atoms with Crippen LogP contribution in [0, 0.1) is 0 Å². The summed E-state index contributed by atoms with van der Waals surface area (Å²) in [6.07, 6.45) is 0. The van der Waals surface area contributed by atoms with Gasteiger partial charge >= 0.3 is 0 Å². The molecule has 0 heterocycles. The molecule has 3 aromatic carbocycles. The first-order valence-corrected chi connectivity index (χ1v) is 9.99. The molecule has 0 aromatic heterocycles. The van der Waals surface area contributed by atoms with Gasteiger partial charge in [0.1, 0.15) is 4.90 Å². The monoisotopic (exact) mass is 394 g/mol. The Morgan fingerprint density at radius 2 is 1.29 bits per heavy atom. The molecular weight excluding hydrogens is 376 g/mol. The van der Waals surface area contributed by atoms with Crippen LogP contribution in [0.3, 0.4) is 0 Å². The van der Waals surface area contributed by atoms with Crippen molar-refractivity contribution < 1.29 is 18.0 Å². The van der Waals surface area contributed by atoms with Crippen LogP contribution in [0.25, 0.3) is 0 Å². The molecule has 142 valence electrons. The summed E-state index contributed by atoms with van der Waals surface area (Å²) in [6.45, 7) is 0.254. The van der Waals surface area contributed by atoms with Gasteiger partial charge in [-0.3, -0.25) is 9.59 Å². The number of hydrogen-bond donors (Lipinski definition) is 2. The molecule has 0 unspecified atom stereocenters. The molecule has 0 radical (unpaired) electrons. The number of carbonyl (C=O) groups is 2. The van der Waals surface area contributed by atoms with Crippen LogP contribution >= 0.6 is 0 Å². The SMILES string of the molecule is O=C(NS(=O)(=O)c1ccccc1C(=O)NCc1ccccc1)c1ccccc1. The Bertz CT molecular complexity index is 1080. The summed E-state index contributed by atoms with van der Waals surface area (Å²) >= 11 is 0. The average molecular weight is 394 g/mol. The lowest BCUT2D eigenvalue weighted by Crippen LogP contribution is -2.33. The van der Waals surface area contributed by atoms with Gasteiger partial charge in [-0.2, -0.15) is 0 Å². The molecular formula is C21H18N2O4S. The molecule has 2 N–H and O–H groups in total. The number of nitrogens with one attached hydrogen (secondary N) is 2. The third kappa shape index (κ3) is 4.63. The van der Waals surface area contributed by atoms with Crippen molar-refractivity contribution in [3.05, 3.63) is 102 Å². The Kier molecular flexibility index (Phi) is 5.86. The first-order valence-electron chi connectivity index (χ1n) is 8.51. The molecule has 0 aliphatic rings. The van der Waals surface area contributed by atoms with Gasteiger partial charge in [-0.1, -0.05) is 60.7 Å². The van der Waals surface area contributed by atoms with E-state index in [9.17, 15) is 18.0 Å². The molecule has 0 fully saturated rings. The highest BCUT2D eigenvalue weighted by molar-refractivity contribution is 7.90. The van der Waals surface area contributed by atoms with Crippen molar-refractivity contribution in [3.63, 3.8) is 0 Å². The van der Waals surface area contributed by atoms with E-state index in [0.29, 0.717) is 0 Å². The van der Waals surface area contributed by atoms with Crippen LogP contribution in [0.5, 0.6) is 0 Å². The quantitative estimate of drug-likeness (QED) is 0.672. The minimum absolute atomic E-state index is 0.0354. The van der Waals surface area contributed by atoms with E-state index in [1.165, 1.54) is 30.3 Å². The number of amides is 2. The Morgan fingerprint density at radius 3 is 1.96 bits per heavy atom. The minimum atomic E-state index is -4.23. The number of sulfonamides is 1. The number of rotatable bonds is 6. The van der Waals surface area contributed by atoms with Crippen molar-refractivity contribution in [3.8, 4) is 0 Å². The second-order valence-corrected chi connectivity index (χ2v) is 7.62. The van der Waals surface area contributed by atoms with E-state index in [-0.39, 0.29) is 22.6 Å². The van der Waals surface area contributed by atoms with Crippen LogP contribution in [-0.2, 0) is 16.6 Å². The zero-order valence-corrected chi connectivity index (χ0v) is 15.6. The van der Waals surface area contributed by atoms with Crippen molar-refractivity contribution in [1.29, 1.82) is 0 Å². The van der Waals surface area contributed by atoms with E-state index in [1.54, 1.807) is 24.3 Å². The van der Waals surface area contributed by atoms with Gasteiger partial charge in [-0.15, -0.1) is 0 Å². The molecule has 2 amide bonds. The van der Waals surface area contributed by atoms with Crippen LogP contribution in [-0.4, -0.2) is 20.2 Å². The number of carbonyl (C=O) groups excluding carboxylic acids is 2. The Hall–Kier alpha value is -3.45. The highest BCUT2D eigenvalue weighted by Crippen LogP contribution is 2.16. The predicted molar refractivity (Wildman–Crippen MR) is 105 cm³/mol. The third-order valence-electron chi connectivity index (χ3n) is 3.98. The van der Waals surface area contributed by atoms with Gasteiger partial charge in [-0.25, -0.2) is 13.1 Å². The first kappa shape index (κ1) is 19.3. The Balaban J connectivity index is 1.80. The second-order valence-electron chi connectivity index (χ2n) is 5.97. The molecule has 6 nitrogen and oxygen atoms in total. The van der Waals surface area contributed by atoms with Gasteiger partial charge in [0.15, 0.2) is 0 Å². The summed E-state index contributed by atoms with van der Waals surface area (Å²) in [5, 5.41) is 2.70. The molecule has 0 spiro atoms. The Morgan fingerprint density at radius 1 is 0.714 bits per heavy atom. The van der Waals surface area contributed by atoms with Crippen LogP contribution in [0.1, 0.15) is 26.3 Å². The van der Waals surface area contributed by atoms with E-state index < -0.39 is 21.8 Å². The fourth-order valence-electron chi connectivity index (χ4n) is 2.59. The van der Waals surface area contributed by atoms with Gasteiger partial charge in [0.2, 0.25) is 0 Å². The molecule has 0 saturated heterocycles. The summed E-state index contributed by atoms with van der Waals surface area (Å²) < 4.78 is 27.4. The van der Waals surface area contributed by atoms with Crippen molar-refractivity contribution in [2.75, 3.05) is 0 Å². The van der Waals surface area contributed by atoms with Gasteiger partial charge < -0.3 is 5.32 Å². The first-order chi connectivity index (χ1) is 13.5. The smallest absolute Gasteiger partial charge is 0.265 e. The molecule has 3 rings (SSSR count). The fraction of sp³-hybridized carbons (Fsp3) is 0.0476. The van der Waals surface area contributed by atoms with E-state index in [2.05, 4.69) is 5.32 Å². The van der Waals surface area contributed by atoms with Crippen LogP contribution in [0.2, 0.25) is 0 Å². The van der Waals surface area contributed by atoms with Crippen molar-refractivity contribution in [2.45, 2.75) is 11.4 Å². The highest BCUT2D eigenvalue weighted by Gasteiger charge is 2.24. The predicted octanol–water partition coefficient (Wildman–Crippen LogP) is 2.74. The molecule has 0 atom stereocenters. The molecule has 0 saturated carbocycles. The number of hydrogen-bond acceptors (Lipinski definition) is 4. The molecule has 0 bridgehead atoms. The third-order valence-corrected chi connectivity index (χ3v) is 5.37. The topological polar surface area (TPSA) is 92.3 Å². The summed E-state index contributed by atoms with van der Waals surface area (Å²) in [5.74, 6) is -1.31. The summed E-state index contributed by atoms with van der Waals surface area (Å²) in [7, 11) is -4.23. The summed E-state index contributed by atoms with van der Waals surface area (Å²) in [5.41, 5.74) is 1.05. The second kappa shape index (κ2) is 8.49. The standard InChI is InChI=1S/C21H18N2O4S/c24-20(17-11-5-2-6-12-17)23-28(26,27)19-14-8-7-13-18(19)21(25)22-15-16-9-3-1-4-10-16/h1-14H,15H2,(H,22,25)(H,23,24). The van der Waals surface area contributed by atoms with Crippen molar-refractivity contribution in [1.82, 2.24) is 10.0 Å². The normalized spacial score (nSPS) is 10.9. The fourth-order valence-corrected chi connectivity index (χ4v) is 3.77.